The number of thiocarbonyl (C=S) groups is 1. The van der Waals surface area contributed by atoms with E-state index in [-0.39, 0.29) is 17.3 Å². The molecule has 2 aliphatic rings. The first-order chi connectivity index (χ1) is 11.7. The molecule has 2 atom stereocenters. The average Bonchev–Trinajstić information content (AvgIpc) is 3.17. The van der Waals surface area contributed by atoms with Crippen molar-refractivity contribution in [3.05, 3.63) is 60.2 Å². The lowest BCUT2D eigenvalue weighted by molar-refractivity contribution is -0.119. The maximum absolute atomic E-state index is 12.8. The van der Waals surface area contributed by atoms with E-state index in [2.05, 4.69) is 4.90 Å². The van der Waals surface area contributed by atoms with Crippen LogP contribution in [0, 0.1) is 0 Å². The molecule has 0 unspecified atom stereocenters. The summed E-state index contributed by atoms with van der Waals surface area (Å²) in [7, 11) is 1.65. The molecule has 24 heavy (non-hydrogen) atoms. The molecule has 0 bridgehead atoms. The number of amides is 1. The summed E-state index contributed by atoms with van der Waals surface area (Å²) in [6, 6.07) is 17.4. The van der Waals surface area contributed by atoms with Gasteiger partial charge in [-0.1, -0.05) is 30.3 Å². The number of fused-ring (bicyclic) bond motifs is 1. The summed E-state index contributed by atoms with van der Waals surface area (Å²) < 4.78 is 5.22. The van der Waals surface area contributed by atoms with Crippen LogP contribution in [0.5, 0.6) is 5.75 Å². The van der Waals surface area contributed by atoms with Crippen molar-refractivity contribution in [1.82, 2.24) is 4.90 Å². The van der Waals surface area contributed by atoms with Gasteiger partial charge in [0.2, 0.25) is 0 Å². The Hall–Kier alpha value is -2.05. The van der Waals surface area contributed by atoms with Gasteiger partial charge >= 0.3 is 0 Å². The number of ether oxygens (including phenoxy) is 1. The van der Waals surface area contributed by atoms with E-state index in [9.17, 15) is 4.79 Å². The van der Waals surface area contributed by atoms with Crippen LogP contribution in [0.15, 0.2) is 54.6 Å². The Morgan fingerprint density at radius 1 is 1.12 bits per heavy atom. The lowest BCUT2D eigenvalue weighted by atomic mass is 10.2. The third kappa shape index (κ3) is 2.37. The normalized spacial score (nSPS) is 22.9. The fourth-order valence-electron chi connectivity index (χ4n) is 3.13. The maximum Gasteiger partial charge on any atom is 0.257 e. The number of para-hydroxylation sites is 1. The topological polar surface area (TPSA) is 32.8 Å². The van der Waals surface area contributed by atoms with Crippen molar-refractivity contribution in [1.29, 1.82) is 0 Å². The molecule has 0 aliphatic carbocycles. The lowest BCUT2D eigenvalue weighted by Crippen LogP contribution is -2.33. The summed E-state index contributed by atoms with van der Waals surface area (Å²) in [6.45, 7) is 0. The number of hydrogen-bond donors (Lipinski definition) is 0. The first-order valence-electron chi connectivity index (χ1n) is 7.67. The molecule has 2 heterocycles. The summed E-state index contributed by atoms with van der Waals surface area (Å²) in [4.78, 5) is 16.6. The van der Waals surface area contributed by atoms with Crippen molar-refractivity contribution in [3.8, 4) is 5.75 Å². The van der Waals surface area contributed by atoms with Crippen LogP contribution in [0.4, 0.5) is 5.69 Å². The van der Waals surface area contributed by atoms with Gasteiger partial charge in [-0.05, 0) is 42.0 Å². The highest BCUT2D eigenvalue weighted by Gasteiger charge is 2.50. The van der Waals surface area contributed by atoms with E-state index in [1.54, 1.807) is 23.8 Å². The van der Waals surface area contributed by atoms with E-state index in [0.29, 0.717) is 5.11 Å². The number of rotatable bonds is 3. The number of hydrogen-bond acceptors (Lipinski definition) is 4. The zero-order valence-electron chi connectivity index (χ0n) is 13.1. The van der Waals surface area contributed by atoms with Crippen LogP contribution >= 0.6 is 24.0 Å². The van der Waals surface area contributed by atoms with Crippen molar-refractivity contribution < 1.29 is 9.53 Å². The van der Waals surface area contributed by atoms with Crippen molar-refractivity contribution >= 4 is 40.7 Å². The molecular formula is C18H16N2O2S2. The van der Waals surface area contributed by atoms with Crippen molar-refractivity contribution in [2.24, 2.45) is 0 Å². The molecule has 2 saturated heterocycles. The van der Waals surface area contributed by atoms with Crippen LogP contribution in [0.2, 0.25) is 0 Å². The monoisotopic (exact) mass is 356 g/mol. The molecule has 0 saturated carbocycles. The number of benzene rings is 2. The number of carbonyl (C=O) groups is 1. The molecule has 0 radical (unpaired) electrons. The highest BCUT2D eigenvalue weighted by atomic mass is 32.2. The predicted octanol–water partition coefficient (Wildman–Crippen LogP) is 3.44. The van der Waals surface area contributed by atoms with E-state index < -0.39 is 0 Å². The standard InChI is InChI=1S/C18H16N2O2S2/c1-22-14-9-7-12(8-10-14)17-20-15(11-24-17)16(21)19(18(20)23)13-5-3-2-4-6-13/h2-10,15,17H,11H2,1H3/t15-,17+/m0/s1. The summed E-state index contributed by atoms with van der Waals surface area (Å²) in [6.07, 6.45) is 0. The smallest absolute Gasteiger partial charge is 0.257 e. The van der Waals surface area contributed by atoms with Gasteiger partial charge in [-0.15, -0.1) is 11.8 Å². The van der Waals surface area contributed by atoms with Gasteiger partial charge in [0.15, 0.2) is 5.11 Å². The van der Waals surface area contributed by atoms with E-state index >= 15 is 0 Å². The zero-order valence-corrected chi connectivity index (χ0v) is 14.7. The van der Waals surface area contributed by atoms with Gasteiger partial charge < -0.3 is 9.64 Å². The second-order valence-corrected chi connectivity index (χ2v) is 7.15. The average molecular weight is 356 g/mol. The lowest BCUT2D eigenvalue weighted by Gasteiger charge is -2.25. The van der Waals surface area contributed by atoms with E-state index in [1.807, 2.05) is 54.6 Å². The molecule has 2 aromatic carbocycles. The molecule has 2 fully saturated rings. The van der Waals surface area contributed by atoms with E-state index in [1.165, 1.54) is 0 Å². The highest BCUT2D eigenvalue weighted by molar-refractivity contribution is 7.99. The van der Waals surface area contributed by atoms with Gasteiger partial charge in [0.1, 0.15) is 17.2 Å². The number of anilines is 1. The third-order valence-electron chi connectivity index (χ3n) is 4.33. The molecule has 1 amide bonds. The summed E-state index contributed by atoms with van der Waals surface area (Å²) in [5.41, 5.74) is 1.97. The molecule has 2 aromatic rings. The van der Waals surface area contributed by atoms with Gasteiger partial charge in [0.05, 0.1) is 12.8 Å². The number of carbonyl (C=O) groups excluding carboxylic acids is 1. The number of thioether (sulfide) groups is 1. The van der Waals surface area contributed by atoms with E-state index in [0.717, 1.165) is 22.8 Å². The number of methoxy groups -OCH3 is 1. The minimum atomic E-state index is -0.185. The minimum Gasteiger partial charge on any atom is -0.497 e. The largest absolute Gasteiger partial charge is 0.497 e. The summed E-state index contributed by atoms with van der Waals surface area (Å²) >= 11 is 7.41. The quantitative estimate of drug-likeness (QED) is 0.787. The van der Waals surface area contributed by atoms with Crippen molar-refractivity contribution in [3.63, 3.8) is 0 Å². The van der Waals surface area contributed by atoms with Crippen LogP contribution in [-0.2, 0) is 4.79 Å². The summed E-state index contributed by atoms with van der Waals surface area (Å²) in [5, 5.41) is 0.646. The Morgan fingerprint density at radius 3 is 2.50 bits per heavy atom. The minimum absolute atomic E-state index is 0.0612. The first-order valence-corrected chi connectivity index (χ1v) is 9.13. The fourth-order valence-corrected chi connectivity index (χ4v) is 5.05. The Balaban J connectivity index is 1.65. The molecule has 0 aromatic heterocycles. The second-order valence-electron chi connectivity index (χ2n) is 5.67. The fraction of sp³-hybridized carbons (Fsp3) is 0.222. The SMILES string of the molecule is COc1ccc([C@H]2SC[C@H]3C(=O)N(c4ccccc4)C(=S)N23)cc1. The van der Waals surface area contributed by atoms with E-state index in [4.69, 9.17) is 17.0 Å². The Labute approximate surface area is 150 Å². The maximum atomic E-state index is 12.8. The Bertz CT molecular complexity index is 779. The van der Waals surface area contributed by atoms with Gasteiger partial charge in [0, 0.05) is 5.75 Å². The third-order valence-corrected chi connectivity index (χ3v) is 6.05. The van der Waals surface area contributed by atoms with Crippen LogP contribution in [0.1, 0.15) is 10.9 Å². The molecule has 4 nitrogen and oxygen atoms in total. The van der Waals surface area contributed by atoms with Crippen molar-refractivity contribution in [2.45, 2.75) is 11.4 Å². The Morgan fingerprint density at radius 2 is 1.83 bits per heavy atom. The van der Waals surface area contributed by atoms with Crippen LogP contribution in [0.3, 0.4) is 0 Å². The highest BCUT2D eigenvalue weighted by Crippen LogP contribution is 2.46. The second kappa shape index (κ2) is 6.11. The molecule has 4 rings (SSSR count). The van der Waals surface area contributed by atoms with Gasteiger partial charge in [-0.2, -0.15) is 0 Å². The predicted molar refractivity (Wildman–Crippen MR) is 100 cm³/mol. The van der Waals surface area contributed by atoms with Crippen molar-refractivity contribution in [2.75, 3.05) is 17.8 Å². The van der Waals surface area contributed by atoms with Gasteiger partial charge in [-0.25, -0.2) is 0 Å². The zero-order chi connectivity index (χ0) is 16.7. The van der Waals surface area contributed by atoms with Crippen LogP contribution in [-0.4, -0.2) is 34.8 Å². The Kier molecular flexibility index (Phi) is 3.94. The van der Waals surface area contributed by atoms with Gasteiger partial charge in [0.25, 0.3) is 5.91 Å². The molecule has 2 aliphatic heterocycles. The molecule has 6 heteroatoms. The van der Waals surface area contributed by atoms with Crippen LogP contribution < -0.4 is 9.64 Å². The number of nitrogens with zero attached hydrogens (tertiary/aromatic N) is 2. The van der Waals surface area contributed by atoms with Crippen LogP contribution in [0.25, 0.3) is 0 Å². The molecule has 122 valence electrons. The molecule has 0 spiro atoms. The van der Waals surface area contributed by atoms with Gasteiger partial charge in [-0.3, -0.25) is 9.69 Å². The summed E-state index contributed by atoms with van der Waals surface area (Å²) in [5.74, 6) is 1.64. The molecule has 0 N–H and O–H groups in total. The molecular weight excluding hydrogens is 340 g/mol. The first kappa shape index (κ1) is 15.5.